The second-order valence-electron chi connectivity index (χ2n) is 3.60. The fraction of sp³-hybridized carbons (Fsp3) is 0. The molecular weight excluding hydrogens is 372 g/mol. The Hall–Kier alpha value is -1.08. The number of hydrogen-bond acceptors (Lipinski definition) is 2. The first kappa shape index (κ1) is 13.4. The molecule has 0 aliphatic heterocycles. The highest BCUT2D eigenvalue weighted by Gasteiger charge is 2.09. The molecule has 0 unspecified atom stereocenters. The molecule has 0 radical (unpaired) electrons. The molecule has 0 aromatic heterocycles. The van der Waals surface area contributed by atoms with Crippen molar-refractivity contribution in [2.45, 2.75) is 0 Å². The molecule has 3 N–H and O–H groups in total. The van der Waals surface area contributed by atoms with Crippen LogP contribution < -0.4 is 11.1 Å². The average molecular weight is 381 g/mol. The van der Waals surface area contributed by atoms with Crippen LogP contribution >= 0.6 is 34.2 Å². The van der Waals surface area contributed by atoms with E-state index in [1.165, 1.54) is 30.3 Å². The molecule has 0 bridgehead atoms. The number of nitrogens with two attached hydrogens (primary N) is 1. The van der Waals surface area contributed by atoms with Crippen molar-refractivity contribution in [2.24, 2.45) is 0 Å². The summed E-state index contributed by atoms with van der Waals surface area (Å²) in [6.07, 6.45) is 0. The number of rotatable bonds is 2. The second kappa shape index (κ2) is 5.27. The molecule has 2 nitrogen and oxygen atoms in total. The van der Waals surface area contributed by atoms with Gasteiger partial charge in [0.2, 0.25) is 0 Å². The lowest BCUT2D eigenvalue weighted by Crippen LogP contribution is -2.00. The first-order valence-electron chi connectivity index (χ1n) is 4.94. The fourth-order valence-electron chi connectivity index (χ4n) is 1.41. The molecule has 0 aliphatic rings. The summed E-state index contributed by atoms with van der Waals surface area (Å²) >= 11 is 7.60. The third kappa shape index (κ3) is 2.84. The van der Waals surface area contributed by atoms with Gasteiger partial charge in [0.15, 0.2) is 0 Å². The monoisotopic (exact) mass is 380 g/mol. The van der Waals surface area contributed by atoms with E-state index in [2.05, 4.69) is 5.32 Å². The number of anilines is 3. The van der Waals surface area contributed by atoms with Gasteiger partial charge in [-0.05, 0) is 46.9 Å². The van der Waals surface area contributed by atoms with Crippen LogP contribution in [0.1, 0.15) is 0 Å². The molecule has 2 aromatic carbocycles. The molecule has 0 aliphatic carbocycles. The molecule has 0 heterocycles. The Bertz CT molecular complexity index is 605. The van der Waals surface area contributed by atoms with Crippen molar-refractivity contribution >= 4 is 51.3 Å². The van der Waals surface area contributed by atoms with Crippen molar-refractivity contribution < 1.29 is 8.78 Å². The van der Waals surface area contributed by atoms with Crippen molar-refractivity contribution in [1.29, 1.82) is 0 Å². The minimum absolute atomic E-state index is 0.148. The van der Waals surface area contributed by atoms with Gasteiger partial charge in [0.1, 0.15) is 11.6 Å². The van der Waals surface area contributed by atoms with E-state index in [1.54, 1.807) is 0 Å². The second-order valence-corrected chi connectivity index (χ2v) is 5.20. The predicted molar refractivity (Wildman–Crippen MR) is 78.2 cm³/mol. The standard InChI is InChI=1S/C12H8ClF2IN2/c13-6-1-2-7(14)11(3-6)18-12-4-8(15)9(16)5-10(12)17/h1-5,18H,17H2. The summed E-state index contributed by atoms with van der Waals surface area (Å²) < 4.78 is 27.3. The lowest BCUT2D eigenvalue weighted by Gasteiger charge is -2.11. The third-order valence-corrected chi connectivity index (χ3v) is 3.35. The van der Waals surface area contributed by atoms with Gasteiger partial charge in [-0.2, -0.15) is 0 Å². The van der Waals surface area contributed by atoms with Crippen LogP contribution in [0.3, 0.4) is 0 Å². The molecule has 18 heavy (non-hydrogen) atoms. The average Bonchev–Trinajstić information content (AvgIpc) is 2.30. The van der Waals surface area contributed by atoms with Crippen LogP contribution in [-0.2, 0) is 0 Å². The van der Waals surface area contributed by atoms with Crippen molar-refractivity contribution in [2.75, 3.05) is 11.1 Å². The smallest absolute Gasteiger partial charge is 0.146 e. The van der Waals surface area contributed by atoms with Gasteiger partial charge in [-0.15, -0.1) is 0 Å². The fourth-order valence-corrected chi connectivity index (χ4v) is 2.07. The summed E-state index contributed by atoms with van der Waals surface area (Å²) in [6.45, 7) is 0. The molecule has 0 spiro atoms. The van der Waals surface area contributed by atoms with E-state index in [0.717, 1.165) is 0 Å². The Balaban J connectivity index is 2.40. The van der Waals surface area contributed by atoms with Gasteiger partial charge in [0.05, 0.1) is 20.6 Å². The van der Waals surface area contributed by atoms with Crippen LogP contribution in [0.25, 0.3) is 0 Å². The van der Waals surface area contributed by atoms with Crippen LogP contribution in [0.5, 0.6) is 0 Å². The van der Waals surface area contributed by atoms with Crippen LogP contribution in [0.4, 0.5) is 25.8 Å². The summed E-state index contributed by atoms with van der Waals surface area (Å²) in [6, 6.07) is 6.76. The molecule has 2 rings (SSSR count). The lowest BCUT2D eigenvalue weighted by molar-refractivity contribution is 0.620. The lowest BCUT2D eigenvalue weighted by atomic mass is 10.2. The van der Waals surface area contributed by atoms with E-state index >= 15 is 0 Å². The van der Waals surface area contributed by atoms with Gasteiger partial charge in [0.25, 0.3) is 0 Å². The summed E-state index contributed by atoms with van der Waals surface area (Å²) in [4.78, 5) is 0. The molecule has 2 aromatic rings. The van der Waals surface area contributed by atoms with E-state index in [-0.39, 0.29) is 5.69 Å². The Morgan fingerprint density at radius 1 is 1.06 bits per heavy atom. The Kier molecular flexibility index (Phi) is 3.91. The van der Waals surface area contributed by atoms with Gasteiger partial charge >= 0.3 is 0 Å². The zero-order chi connectivity index (χ0) is 13.3. The van der Waals surface area contributed by atoms with Crippen molar-refractivity contribution in [3.8, 4) is 0 Å². The summed E-state index contributed by atoms with van der Waals surface area (Å²) in [7, 11) is 0. The van der Waals surface area contributed by atoms with E-state index in [1.807, 2.05) is 22.6 Å². The van der Waals surface area contributed by atoms with Gasteiger partial charge < -0.3 is 11.1 Å². The first-order valence-corrected chi connectivity index (χ1v) is 6.39. The quantitative estimate of drug-likeness (QED) is 0.593. The topological polar surface area (TPSA) is 38.0 Å². The number of halogens is 4. The van der Waals surface area contributed by atoms with Crippen LogP contribution in [0.2, 0.25) is 5.02 Å². The van der Waals surface area contributed by atoms with Gasteiger partial charge in [-0.25, -0.2) is 8.78 Å². The number of benzene rings is 2. The molecular formula is C12H8ClF2IN2. The molecule has 0 fully saturated rings. The highest BCUT2D eigenvalue weighted by molar-refractivity contribution is 14.1. The van der Waals surface area contributed by atoms with E-state index < -0.39 is 11.6 Å². The minimum Gasteiger partial charge on any atom is -0.397 e. The number of hydrogen-bond donors (Lipinski definition) is 2. The maximum atomic E-state index is 13.5. The highest BCUT2D eigenvalue weighted by Crippen LogP contribution is 2.29. The molecule has 94 valence electrons. The van der Waals surface area contributed by atoms with Gasteiger partial charge in [-0.3, -0.25) is 0 Å². The molecule has 0 amide bonds. The first-order chi connectivity index (χ1) is 8.47. The number of nitrogens with one attached hydrogen (secondary N) is 1. The Morgan fingerprint density at radius 2 is 1.78 bits per heavy atom. The van der Waals surface area contributed by atoms with Crippen LogP contribution in [0.15, 0.2) is 30.3 Å². The summed E-state index contributed by atoms with van der Waals surface area (Å²) in [5.41, 5.74) is 6.52. The Morgan fingerprint density at radius 3 is 2.50 bits per heavy atom. The maximum Gasteiger partial charge on any atom is 0.146 e. The zero-order valence-electron chi connectivity index (χ0n) is 8.98. The van der Waals surface area contributed by atoms with Crippen molar-refractivity contribution in [3.63, 3.8) is 0 Å². The third-order valence-electron chi connectivity index (χ3n) is 2.29. The van der Waals surface area contributed by atoms with E-state index in [4.69, 9.17) is 17.3 Å². The highest BCUT2D eigenvalue weighted by atomic mass is 127. The summed E-state index contributed by atoms with van der Waals surface area (Å²) in [5.74, 6) is -0.910. The van der Waals surface area contributed by atoms with Crippen LogP contribution in [-0.4, -0.2) is 0 Å². The van der Waals surface area contributed by atoms with Crippen molar-refractivity contribution in [1.82, 2.24) is 0 Å². The van der Waals surface area contributed by atoms with Gasteiger partial charge in [-0.1, -0.05) is 11.6 Å². The molecule has 0 saturated carbocycles. The molecule has 0 atom stereocenters. The maximum absolute atomic E-state index is 13.5. The SMILES string of the molecule is Nc1cc(I)c(F)cc1Nc1cc(Cl)ccc1F. The Labute approximate surface area is 121 Å². The summed E-state index contributed by atoms with van der Waals surface area (Å²) in [5, 5.41) is 3.10. The molecule has 0 saturated heterocycles. The van der Waals surface area contributed by atoms with Crippen LogP contribution in [0, 0.1) is 15.2 Å². The minimum atomic E-state index is -0.488. The number of nitrogen functional groups attached to an aromatic ring is 1. The zero-order valence-corrected chi connectivity index (χ0v) is 11.9. The molecule has 6 heteroatoms. The van der Waals surface area contributed by atoms with E-state index in [9.17, 15) is 8.78 Å². The van der Waals surface area contributed by atoms with E-state index in [0.29, 0.717) is 20.0 Å². The largest absolute Gasteiger partial charge is 0.397 e. The predicted octanol–water partition coefficient (Wildman–Crippen LogP) is 4.55. The van der Waals surface area contributed by atoms with Gasteiger partial charge in [0, 0.05) is 11.1 Å². The van der Waals surface area contributed by atoms with Crippen molar-refractivity contribution in [3.05, 3.63) is 50.6 Å². The normalized spacial score (nSPS) is 10.4.